The first-order valence-corrected chi connectivity index (χ1v) is 4.49. The molecule has 1 heteroatoms. The van der Waals surface area contributed by atoms with Gasteiger partial charge in [-0.3, -0.25) is 0 Å². The Balaban J connectivity index is 2.51. The fourth-order valence-electron chi connectivity index (χ4n) is 1.45. The molecule has 0 unspecified atom stereocenters. The standard InChI is InChI=1S/C14H11N/c1-2-7-13(8-3-1)15-11-10-12-6-4-5-9-14(12)15/h1-11H/i1D,4D,5D,6D,9D,10D,11D. The molecule has 0 aliphatic heterocycles. The van der Waals surface area contributed by atoms with Crippen LogP contribution in [0.15, 0.2) is 66.7 Å². The maximum atomic E-state index is 8.09. The van der Waals surface area contributed by atoms with Gasteiger partial charge in [0.1, 0.15) is 0 Å². The fraction of sp³-hybridized carbons (Fsp3) is 0. The van der Waals surface area contributed by atoms with E-state index in [0.29, 0.717) is 11.7 Å². The molecule has 3 aromatic rings. The number of benzene rings is 2. The molecule has 0 atom stereocenters. The molecule has 0 fully saturated rings. The lowest BCUT2D eigenvalue weighted by atomic mass is 10.2. The van der Waals surface area contributed by atoms with Crippen LogP contribution in [0.3, 0.4) is 0 Å². The summed E-state index contributed by atoms with van der Waals surface area (Å²) < 4.78 is 56.4. The van der Waals surface area contributed by atoms with Gasteiger partial charge < -0.3 is 4.57 Å². The van der Waals surface area contributed by atoms with E-state index in [0.717, 1.165) is 0 Å². The third-order valence-electron chi connectivity index (χ3n) is 2.14. The highest BCUT2D eigenvalue weighted by Gasteiger charge is 2.00. The van der Waals surface area contributed by atoms with Crippen molar-refractivity contribution < 1.29 is 9.60 Å². The van der Waals surface area contributed by atoms with Gasteiger partial charge in [0.05, 0.1) is 15.1 Å². The monoisotopic (exact) mass is 200 g/mol. The van der Waals surface area contributed by atoms with Gasteiger partial charge in [0.15, 0.2) is 0 Å². The molecule has 2 aromatic carbocycles. The highest BCUT2D eigenvalue weighted by atomic mass is 15.0. The second-order valence-electron chi connectivity index (χ2n) is 3.05. The third kappa shape index (κ3) is 1.33. The second-order valence-corrected chi connectivity index (χ2v) is 3.05. The van der Waals surface area contributed by atoms with E-state index in [4.69, 9.17) is 9.60 Å². The zero-order chi connectivity index (χ0) is 16.2. The normalized spacial score (nSPS) is 17.2. The lowest BCUT2D eigenvalue weighted by molar-refractivity contribution is 1.13. The van der Waals surface area contributed by atoms with E-state index in [9.17, 15) is 0 Å². The zero-order valence-electron chi connectivity index (χ0n) is 14.8. The van der Waals surface area contributed by atoms with E-state index in [1.807, 2.05) is 0 Å². The number of aromatic nitrogens is 1. The van der Waals surface area contributed by atoms with Gasteiger partial charge in [0, 0.05) is 11.9 Å². The molecule has 15 heavy (non-hydrogen) atoms. The van der Waals surface area contributed by atoms with Crippen molar-refractivity contribution in [2.45, 2.75) is 0 Å². The van der Waals surface area contributed by atoms with Crippen molar-refractivity contribution in [1.29, 1.82) is 0 Å². The number of fused-ring (bicyclic) bond motifs is 1. The van der Waals surface area contributed by atoms with Crippen LogP contribution in [0.25, 0.3) is 16.6 Å². The van der Waals surface area contributed by atoms with Gasteiger partial charge in [-0.05, 0) is 29.6 Å². The van der Waals surface area contributed by atoms with Gasteiger partial charge in [-0.25, -0.2) is 0 Å². The maximum absolute atomic E-state index is 8.09. The second kappa shape index (κ2) is 3.28. The lowest BCUT2D eigenvalue weighted by Gasteiger charge is -2.04. The molecule has 1 aromatic heterocycles. The average Bonchev–Trinajstić information content (AvgIpc) is 2.76. The highest BCUT2D eigenvalue weighted by molar-refractivity contribution is 5.81. The van der Waals surface area contributed by atoms with E-state index >= 15 is 0 Å². The zero-order valence-corrected chi connectivity index (χ0v) is 7.76. The molecule has 1 nitrogen and oxygen atoms in total. The summed E-state index contributed by atoms with van der Waals surface area (Å²) in [5, 5.41) is 0.0333. The van der Waals surface area contributed by atoms with Crippen LogP contribution in [-0.4, -0.2) is 4.57 Å². The minimum atomic E-state index is -0.412. The Kier molecular flexibility index (Phi) is 0.844. The van der Waals surface area contributed by atoms with Gasteiger partial charge in [-0.2, -0.15) is 0 Å². The molecule has 0 bridgehead atoms. The van der Waals surface area contributed by atoms with Crippen LogP contribution in [0.1, 0.15) is 9.60 Å². The Morgan fingerprint density at radius 1 is 0.933 bits per heavy atom. The molecule has 3 rings (SSSR count). The summed E-state index contributed by atoms with van der Waals surface area (Å²) in [4.78, 5) is 0. The maximum Gasteiger partial charge on any atom is 0.0822 e. The van der Waals surface area contributed by atoms with Crippen LogP contribution < -0.4 is 0 Å². The van der Waals surface area contributed by atoms with Crippen LogP contribution >= 0.6 is 0 Å². The van der Waals surface area contributed by atoms with Crippen LogP contribution in [0, 0.1) is 0 Å². The van der Waals surface area contributed by atoms with Crippen LogP contribution in [0.5, 0.6) is 0 Å². The van der Waals surface area contributed by atoms with Gasteiger partial charge in [-0.15, -0.1) is 0 Å². The van der Waals surface area contributed by atoms with E-state index in [2.05, 4.69) is 0 Å². The largest absolute Gasteiger partial charge is 0.317 e. The highest BCUT2D eigenvalue weighted by Crippen LogP contribution is 2.19. The van der Waals surface area contributed by atoms with Crippen molar-refractivity contribution in [2.24, 2.45) is 0 Å². The first kappa shape index (κ1) is 3.86. The number of hydrogen-bond acceptors (Lipinski definition) is 0. The van der Waals surface area contributed by atoms with E-state index in [1.54, 1.807) is 12.1 Å². The number of para-hydroxylation sites is 2. The van der Waals surface area contributed by atoms with E-state index < -0.39 is 12.1 Å². The molecule has 0 aliphatic carbocycles. The molecular weight excluding hydrogens is 182 g/mol. The molecule has 72 valence electrons. The topological polar surface area (TPSA) is 4.93 Å². The predicted octanol–water partition coefficient (Wildman–Crippen LogP) is 3.63. The number of nitrogens with zero attached hydrogens (tertiary/aromatic N) is 1. The van der Waals surface area contributed by atoms with E-state index in [1.165, 1.54) is 16.7 Å². The van der Waals surface area contributed by atoms with Gasteiger partial charge in [0.25, 0.3) is 0 Å². The molecule has 0 spiro atoms. The van der Waals surface area contributed by atoms with Crippen molar-refractivity contribution in [3.8, 4) is 5.69 Å². The smallest absolute Gasteiger partial charge is 0.0822 e. The molecule has 0 amide bonds. The first-order valence-electron chi connectivity index (χ1n) is 7.99. The Morgan fingerprint density at radius 3 is 2.60 bits per heavy atom. The average molecular weight is 200 g/mol. The summed E-state index contributed by atoms with van der Waals surface area (Å²) in [6.45, 7) is 0. The summed E-state index contributed by atoms with van der Waals surface area (Å²) in [6.07, 6.45) is -0.209. The molecule has 0 saturated carbocycles. The number of hydrogen-bond donors (Lipinski definition) is 0. The van der Waals surface area contributed by atoms with Gasteiger partial charge >= 0.3 is 0 Å². The Hall–Kier alpha value is -2.02. The third-order valence-corrected chi connectivity index (χ3v) is 2.14. The van der Waals surface area contributed by atoms with Gasteiger partial charge in [0.2, 0.25) is 0 Å². The number of rotatable bonds is 1. The lowest BCUT2D eigenvalue weighted by Crippen LogP contribution is -1.89. The Morgan fingerprint density at radius 2 is 1.73 bits per heavy atom. The van der Waals surface area contributed by atoms with E-state index in [-0.39, 0.29) is 35.2 Å². The molecule has 0 aliphatic rings. The minimum absolute atomic E-state index is 0.0333. The first-order chi connectivity index (χ1) is 10.3. The molecule has 0 radical (unpaired) electrons. The van der Waals surface area contributed by atoms with Crippen molar-refractivity contribution in [3.05, 3.63) is 66.7 Å². The van der Waals surface area contributed by atoms with Crippen molar-refractivity contribution in [1.82, 2.24) is 4.57 Å². The molecule has 0 saturated heterocycles. The molecule has 1 heterocycles. The SMILES string of the molecule is [2H]c1ccc(-n2c([2H])c([2H])c3c([2H])c([2H])c([2H])c([2H])c32)cc1. The quantitative estimate of drug-likeness (QED) is 0.565. The minimum Gasteiger partial charge on any atom is -0.317 e. The van der Waals surface area contributed by atoms with Crippen LogP contribution in [-0.2, 0) is 0 Å². The molecule has 0 N–H and O–H groups in total. The van der Waals surface area contributed by atoms with Crippen LogP contribution in [0.2, 0.25) is 0 Å². The summed E-state index contributed by atoms with van der Waals surface area (Å²) in [7, 11) is 0. The fourth-order valence-corrected chi connectivity index (χ4v) is 1.45. The van der Waals surface area contributed by atoms with Crippen molar-refractivity contribution in [2.75, 3.05) is 0 Å². The predicted molar refractivity (Wildman–Crippen MR) is 63.3 cm³/mol. The van der Waals surface area contributed by atoms with Crippen molar-refractivity contribution in [3.63, 3.8) is 0 Å². The van der Waals surface area contributed by atoms with Gasteiger partial charge in [-0.1, -0.05) is 36.3 Å². The molecular formula is C14H11N. The summed E-state index contributed by atoms with van der Waals surface area (Å²) in [6, 6.07) is 4.87. The van der Waals surface area contributed by atoms with Crippen molar-refractivity contribution >= 4 is 10.9 Å². The summed E-state index contributed by atoms with van der Waals surface area (Å²) in [5.74, 6) is 0. The summed E-state index contributed by atoms with van der Waals surface area (Å²) >= 11 is 0. The summed E-state index contributed by atoms with van der Waals surface area (Å²) in [5.41, 5.74) is 0.591. The Bertz CT molecular complexity index is 896. The van der Waals surface area contributed by atoms with Crippen LogP contribution in [0.4, 0.5) is 0 Å². The Labute approximate surface area is 98.4 Å².